The number of nitrogens with one attached hydrogen (secondary N) is 1. The molecule has 3 N–H and O–H groups in total. The van der Waals surface area contributed by atoms with Crippen LogP contribution in [0.25, 0.3) is 11.2 Å². The Balaban J connectivity index is 1.15. The monoisotopic (exact) mass is 416 g/mol. The van der Waals surface area contributed by atoms with E-state index in [1.807, 2.05) is 18.5 Å². The third kappa shape index (κ3) is 2.63. The van der Waals surface area contributed by atoms with Gasteiger partial charge in [0.05, 0.1) is 17.6 Å². The van der Waals surface area contributed by atoms with Crippen molar-refractivity contribution in [2.75, 3.05) is 29.4 Å². The number of hydrogen-bond donors (Lipinski definition) is 2. The number of nitrogens with two attached hydrogens (primary N) is 1. The summed E-state index contributed by atoms with van der Waals surface area (Å²) >= 11 is 0. The first-order chi connectivity index (χ1) is 15.2. The highest BCUT2D eigenvalue weighted by Crippen LogP contribution is 2.62. The molecular formula is C23H28N8. The Morgan fingerprint density at radius 2 is 2.06 bits per heavy atom. The number of anilines is 3. The molecular weight excluding hydrogens is 388 g/mol. The summed E-state index contributed by atoms with van der Waals surface area (Å²) in [6, 6.07) is 4.51. The molecule has 2 aliphatic heterocycles. The van der Waals surface area contributed by atoms with E-state index in [4.69, 9.17) is 15.7 Å². The van der Waals surface area contributed by atoms with Crippen LogP contribution in [0.3, 0.4) is 0 Å². The van der Waals surface area contributed by atoms with Gasteiger partial charge in [0.15, 0.2) is 17.0 Å². The zero-order chi connectivity index (χ0) is 20.6. The van der Waals surface area contributed by atoms with E-state index < -0.39 is 0 Å². The molecule has 0 radical (unpaired) electrons. The van der Waals surface area contributed by atoms with E-state index in [0.717, 1.165) is 78.5 Å². The maximum atomic E-state index is 6.63. The smallest absolute Gasteiger partial charge is 0.183 e. The molecule has 1 saturated heterocycles. The minimum atomic E-state index is 0.373. The number of pyridine rings is 1. The van der Waals surface area contributed by atoms with E-state index in [0.29, 0.717) is 11.5 Å². The molecule has 0 unspecified atom stereocenters. The lowest BCUT2D eigenvalue weighted by Crippen LogP contribution is -2.48. The number of hydrogen-bond acceptors (Lipinski definition) is 7. The van der Waals surface area contributed by atoms with Crippen LogP contribution in [0.5, 0.6) is 0 Å². The van der Waals surface area contributed by atoms with Crippen molar-refractivity contribution < 1.29 is 0 Å². The number of rotatable bonds is 2. The maximum absolute atomic E-state index is 6.63. The van der Waals surface area contributed by atoms with Crippen LogP contribution in [-0.2, 0) is 6.42 Å². The van der Waals surface area contributed by atoms with Crippen molar-refractivity contribution in [1.82, 2.24) is 25.1 Å². The Morgan fingerprint density at radius 1 is 1.16 bits per heavy atom. The second kappa shape index (κ2) is 6.38. The molecule has 0 amide bonds. The van der Waals surface area contributed by atoms with Crippen molar-refractivity contribution in [3.8, 4) is 0 Å². The highest BCUT2D eigenvalue weighted by Gasteiger charge is 2.59. The van der Waals surface area contributed by atoms with Gasteiger partial charge in [-0.3, -0.25) is 10.1 Å². The van der Waals surface area contributed by atoms with Gasteiger partial charge in [0.2, 0.25) is 0 Å². The first-order valence-electron chi connectivity index (χ1n) is 11.6. The lowest BCUT2D eigenvalue weighted by Gasteiger charge is -2.43. The third-order valence-electron chi connectivity index (χ3n) is 8.34. The van der Waals surface area contributed by atoms with Crippen LogP contribution >= 0.6 is 0 Å². The lowest BCUT2D eigenvalue weighted by atomic mass is 9.72. The molecule has 160 valence electrons. The predicted octanol–water partition coefficient (Wildman–Crippen LogP) is 2.79. The van der Waals surface area contributed by atoms with Gasteiger partial charge in [-0.25, -0.2) is 9.97 Å². The van der Waals surface area contributed by atoms with Crippen molar-refractivity contribution in [3.05, 3.63) is 30.2 Å². The highest BCUT2D eigenvalue weighted by atomic mass is 15.3. The topological polar surface area (TPSA) is 99.9 Å². The predicted molar refractivity (Wildman–Crippen MR) is 119 cm³/mol. The molecule has 1 spiro atoms. The maximum Gasteiger partial charge on any atom is 0.183 e. The number of fused-ring (bicyclic) bond motifs is 3. The van der Waals surface area contributed by atoms with Gasteiger partial charge in [0.25, 0.3) is 0 Å². The molecule has 3 fully saturated rings. The van der Waals surface area contributed by atoms with Crippen LogP contribution in [0, 0.1) is 17.3 Å². The van der Waals surface area contributed by atoms with Gasteiger partial charge in [-0.15, -0.1) is 0 Å². The van der Waals surface area contributed by atoms with Crippen LogP contribution in [0.15, 0.2) is 24.5 Å². The fraction of sp³-hybridized carbons (Fsp3) is 0.565. The molecule has 8 nitrogen and oxygen atoms in total. The molecule has 0 aromatic carbocycles. The van der Waals surface area contributed by atoms with Crippen molar-refractivity contribution in [2.45, 2.75) is 44.6 Å². The molecule has 8 heteroatoms. The van der Waals surface area contributed by atoms with Crippen LogP contribution in [-0.4, -0.2) is 50.8 Å². The van der Waals surface area contributed by atoms with Gasteiger partial charge in [-0.2, -0.15) is 5.10 Å². The van der Waals surface area contributed by atoms with Crippen molar-refractivity contribution >= 4 is 28.5 Å². The fourth-order valence-electron chi connectivity index (χ4n) is 6.51. The largest absolute Gasteiger partial charge is 0.355 e. The summed E-state index contributed by atoms with van der Waals surface area (Å²) in [7, 11) is 0. The molecule has 3 aromatic heterocycles. The average molecular weight is 417 g/mol. The van der Waals surface area contributed by atoms with E-state index in [1.54, 1.807) is 0 Å². The van der Waals surface area contributed by atoms with Gasteiger partial charge in [-0.1, -0.05) is 0 Å². The van der Waals surface area contributed by atoms with Gasteiger partial charge < -0.3 is 15.5 Å². The second-order valence-electron chi connectivity index (χ2n) is 9.94. The molecule has 3 aromatic rings. The minimum Gasteiger partial charge on any atom is -0.355 e. The molecule has 31 heavy (non-hydrogen) atoms. The summed E-state index contributed by atoms with van der Waals surface area (Å²) < 4.78 is 0. The summed E-state index contributed by atoms with van der Waals surface area (Å²) in [5.41, 5.74) is 10.8. The summed E-state index contributed by atoms with van der Waals surface area (Å²) in [6.07, 6.45) is 10.9. The zero-order valence-corrected chi connectivity index (χ0v) is 17.7. The average Bonchev–Trinajstić information content (AvgIpc) is 3.36. The number of aryl methyl sites for hydroxylation is 1. The fourth-order valence-corrected chi connectivity index (χ4v) is 6.51. The van der Waals surface area contributed by atoms with E-state index in [1.165, 1.54) is 25.7 Å². The van der Waals surface area contributed by atoms with Gasteiger partial charge >= 0.3 is 0 Å². The highest BCUT2D eigenvalue weighted by molar-refractivity contribution is 5.87. The number of aromatic amines is 1. The SMILES string of the molecule is N[C@@H]1[C@@H]2C[C@@H]2CC12CCN(c1cnc3c(N4CCCc5ncccc54)n[nH]c3n1)CC2. The Labute approximate surface area is 181 Å². The summed E-state index contributed by atoms with van der Waals surface area (Å²) in [4.78, 5) is 18.8. The molecule has 7 rings (SSSR count). The van der Waals surface area contributed by atoms with E-state index in [-0.39, 0.29) is 0 Å². The summed E-state index contributed by atoms with van der Waals surface area (Å²) in [5, 5.41) is 7.73. The Hall–Kier alpha value is -2.74. The molecule has 0 bridgehead atoms. The number of aromatic nitrogens is 5. The normalized spacial score (nSPS) is 28.7. The molecule has 4 aliphatic rings. The van der Waals surface area contributed by atoms with Crippen LogP contribution < -0.4 is 15.5 Å². The Morgan fingerprint density at radius 3 is 2.90 bits per heavy atom. The molecule has 5 heterocycles. The van der Waals surface area contributed by atoms with E-state index in [2.05, 4.69) is 31.0 Å². The summed E-state index contributed by atoms with van der Waals surface area (Å²) in [5.74, 6) is 3.50. The number of H-pyrrole nitrogens is 1. The molecule has 3 atom stereocenters. The van der Waals surface area contributed by atoms with E-state index >= 15 is 0 Å². The zero-order valence-electron chi connectivity index (χ0n) is 17.7. The van der Waals surface area contributed by atoms with Gasteiger partial charge in [0, 0.05) is 31.9 Å². The number of piperidine rings is 1. The third-order valence-corrected chi connectivity index (χ3v) is 8.34. The van der Waals surface area contributed by atoms with E-state index in [9.17, 15) is 0 Å². The first-order valence-corrected chi connectivity index (χ1v) is 11.6. The van der Waals surface area contributed by atoms with Gasteiger partial charge in [0.1, 0.15) is 5.82 Å². The first kappa shape index (κ1) is 17.9. The second-order valence-corrected chi connectivity index (χ2v) is 9.94. The van der Waals surface area contributed by atoms with Gasteiger partial charge in [-0.05, 0) is 67.9 Å². The van der Waals surface area contributed by atoms with Crippen molar-refractivity contribution in [1.29, 1.82) is 0 Å². The Kier molecular flexibility index (Phi) is 3.69. The molecule has 2 aliphatic carbocycles. The number of nitrogens with zero attached hydrogens (tertiary/aromatic N) is 6. The van der Waals surface area contributed by atoms with Crippen molar-refractivity contribution in [2.24, 2.45) is 23.0 Å². The Bertz CT molecular complexity index is 1150. The minimum absolute atomic E-state index is 0.373. The molecule has 2 saturated carbocycles. The standard InChI is InChI=1S/C23H28N8/c24-20-15-11-14(15)12-23(20)5-9-30(10-6-23)18-13-26-19-21(27-18)28-29-22(19)31-8-2-3-16-17(31)4-1-7-25-16/h1,4,7,13-15,20H,2-3,5-6,8-12,24H2,(H,27,28,29)/t14-,15-,20-/m1/s1. The summed E-state index contributed by atoms with van der Waals surface area (Å²) in [6.45, 7) is 2.94. The van der Waals surface area contributed by atoms with Crippen LogP contribution in [0.1, 0.15) is 37.8 Å². The van der Waals surface area contributed by atoms with Crippen LogP contribution in [0.4, 0.5) is 17.3 Å². The van der Waals surface area contributed by atoms with Crippen molar-refractivity contribution in [3.63, 3.8) is 0 Å². The quantitative estimate of drug-likeness (QED) is 0.662. The van der Waals surface area contributed by atoms with Crippen LogP contribution in [0.2, 0.25) is 0 Å². The lowest BCUT2D eigenvalue weighted by molar-refractivity contribution is 0.172.